The molecule has 0 saturated heterocycles. The number of nitrogens with one attached hydrogen (secondary N) is 2. The molecule has 0 spiro atoms. The second kappa shape index (κ2) is 6.12. The molecule has 0 fully saturated rings. The third-order valence-electron chi connectivity index (χ3n) is 3.90. The van der Waals surface area contributed by atoms with Crippen LogP contribution in [0.4, 0.5) is 11.8 Å². The van der Waals surface area contributed by atoms with Gasteiger partial charge >= 0.3 is 0 Å². The van der Waals surface area contributed by atoms with Crippen molar-refractivity contribution in [3.05, 3.63) is 47.2 Å². The first kappa shape index (κ1) is 13.9. The van der Waals surface area contributed by atoms with E-state index < -0.39 is 0 Å². The summed E-state index contributed by atoms with van der Waals surface area (Å²) in [6, 6.07) is 9.10. The number of nitrogens with zero attached hydrogens (tertiary/aromatic N) is 2. The van der Waals surface area contributed by atoms with Crippen molar-refractivity contribution in [1.82, 2.24) is 9.97 Å². The summed E-state index contributed by atoms with van der Waals surface area (Å²) in [4.78, 5) is 8.93. The molecule has 0 aliphatic heterocycles. The summed E-state index contributed by atoms with van der Waals surface area (Å²) >= 11 is 0. The summed E-state index contributed by atoms with van der Waals surface area (Å²) < 4.78 is 0. The molecule has 0 bridgehead atoms. The molecule has 0 amide bonds. The van der Waals surface area contributed by atoms with Crippen molar-refractivity contribution in [2.24, 2.45) is 0 Å². The highest BCUT2D eigenvalue weighted by Crippen LogP contribution is 2.25. The maximum atomic E-state index is 4.60. The molecule has 21 heavy (non-hydrogen) atoms. The van der Waals surface area contributed by atoms with E-state index >= 15 is 0 Å². The van der Waals surface area contributed by atoms with Crippen LogP contribution in [0, 0.1) is 6.92 Å². The maximum Gasteiger partial charge on any atom is 0.224 e. The van der Waals surface area contributed by atoms with Gasteiger partial charge in [0.25, 0.3) is 0 Å². The molecular formula is C17H22N4. The van der Waals surface area contributed by atoms with Crippen LogP contribution >= 0.6 is 0 Å². The molecule has 1 aliphatic carbocycles. The summed E-state index contributed by atoms with van der Waals surface area (Å²) in [6.07, 6.45) is 5.09. The minimum absolute atomic E-state index is 0.426. The lowest BCUT2D eigenvalue weighted by Gasteiger charge is -2.15. The number of benzene rings is 1. The standard InChI is InChI=1S/C17H22N4/c1-3-8-18-17-19-11-12(2)16(21-17)20-15-9-13-6-4-5-7-14(13)10-15/h4-7,11,15H,3,8-10H2,1-2H3,(H2,18,19,20,21). The highest BCUT2D eigenvalue weighted by atomic mass is 15.1. The number of aryl methyl sites for hydroxylation is 1. The van der Waals surface area contributed by atoms with Gasteiger partial charge in [-0.05, 0) is 37.3 Å². The van der Waals surface area contributed by atoms with E-state index in [1.807, 2.05) is 13.1 Å². The molecule has 3 rings (SSSR count). The van der Waals surface area contributed by atoms with Crippen LogP contribution in [0.1, 0.15) is 30.0 Å². The van der Waals surface area contributed by atoms with Crippen molar-refractivity contribution in [1.29, 1.82) is 0 Å². The van der Waals surface area contributed by atoms with Crippen LogP contribution in [0.25, 0.3) is 0 Å². The van der Waals surface area contributed by atoms with Crippen molar-refractivity contribution >= 4 is 11.8 Å². The number of aromatic nitrogens is 2. The van der Waals surface area contributed by atoms with Crippen LogP contribution in [0.2, 0.25) is 0 Å². The number of rotatable bonds is 5. The Balaban J connectivity index is 1.71. The third-order valence-corrected chi connectivity index (χ3v) is 3.90. The Morgan fingerprint density at radius 3 is 2.57 bits per heavy atom. The van der Waals surface area contributed by atoms with E-state index in [2.05, 4.69) is 51.8 Å². The zero-order valence-electron chi connectivity index (χ0n) is 12.7. The van der Waals surface area contributed by atoms with E-state index in [0.717, 1.165) is 37.2 Å². The van der Waals surface area contributed by atoms with Crippen molar-refractivity contribution < 1.29 is 0 Å². The Hall–Kier alpha value is -2.10. The molecule has 0 atom stereocenters. The molecule has 4 heteroatoms. The van der Waals surface area contributed by atoms with Gasteiger partial charge in [-0.1, -0.05) is 31.2 Å². The Labute approximate surface area is 126 Å². The zero-order chi connectivity index (χ0) is 14.7. The van der Waals surface area contributed by atoms with Crippen LogP contribution in [-0.4, -0.2) is 22.6 Å². The molecular weight excluding hydrogens is 260 g/mol. The second-order valence-corrected chi connectivity index (χ2v) is 5.67. The van der Waals surface area contributed by atoms with E-state index in [9.17, 15) is 0 Å². The van der Waals surface area contributed by atoms with E-state index in [0.29, 0.717) is 12.0 Å². The molecule has 2 N–H and O–H groups in total. The molecule has 2 aromatic rings. The van der Waals surface area contributed by atoms with Gasteiger partial charge in [-0.3, -0.25) is 0 Å². The van der Waals surface area contributed by atoms with Gasteiger partial charge in [0.1, 0.15) is 5.82 Å². The Morgan fingerprint density at radius 1 is 1.19 bits per heavy atom. The van der Waals surface area contributed by atoms with Crippen molar-refractivity contribution in [2.75, 3.05) is 17.2 Å². The largest absolute Gasteiger partial charge is 0.366 e. The SMILES string of the molecule is CCCNc1ncc(C)c(NC2Cc3ccccc3C2)n1. The van der Waals surface area contributed by atoms with Gasteiger partial charge in [-0.25, -0.2) is 4.98 Å². The normalized spacial score (nSPS) is 14.0. The zero-order valence-corrected chi connectivity index (χ0v) is 12.7. The lowest BCUT2D eigenvalue weighted by molar-refractivity contribution is 0.766. The van der Waals surface area contributed by atoms with Crippen LogP contribution in [-0.2, 0) is 12.8 Å². The summed E-state index contributed by atoms with van der Waals surface area (Å²) in [5.41, 5.74) is 3.99. The fraction of sp³-hybridized carbons (Fsp3) is 0.412. The molecule has 1 heterocycles. The average molecular weight is 282 g/mol. The number of hydrogen-bond acceptors (Lipinski definition) is 4. The fourth-order valence-corrected chi connectivity index (χ4v) is 2.76. The van der Waals surface area contributed by atoms with Gasteiger partial charge in [-0.2, -0.15) is 4.98 Å². The van der Waals surface area contributed by atoms with Crippen LogP contribution in [0.3, 0.4) is 0 Å². The first-order valence-electron chi connectivity index (χ1n) is 7.67. The Kier molecular flexibility index (Phi) is 4.04. The monoisotopic (exact) mass is 282 g/mol. The van der Waals surface area contributed by atoms with Crippen LogP contribution < -0.4 is 10.6 Å². The van der Waals surface area contributed by atoms with Gasteiger partial charge in [0.15, 0.2) is 0 Å². The van der Waals surface area contributed by atoms with Crippen LogP contribution in [0.5, 0.6) is 0 Å². The molecule has 0 radical (unpaired) electrons. The first-order chi connectivity index (χ1) is 10.3. The minimum Gasteiger partial charge on any atom is -0.366 e. The highest BCUT2D eigenvalue weighted by Gasteiger charge is 2.21. The van der Waals surface area contributed by atoms with E-state index in [1.165, 1.54) is 11.1 Å². The van der Waals surface area contributed by atoms with Gasteiger partial charge in [0.2, 0.25) is 5.95 Å². The van der Waals surface area contributed by atoms with Crippen LogP contribution in [0.15, 0.2) is 30.5 Å². The summed E-state index contributed by atoms with van der Waals surface area (Å²) in [5.74, 6) is 1.65. The predicted octanol–water partition coefficient (Wildman–Crippen LogP) is 3.19. The molecule has 1 aromatic carbocycles. The molecule has 110 valence electrons. The predicted molar refractivity (Wildman–Crippen MR) is 86.8 cm³/mol. The lowest BCUT2D eigenvalue weighted by Crippen LogP contribution is -2.21. The first-order valence-corrected chi connectivity index (χ1v) is 7.67. The maximum absolute atomic E-state index is 4.60. The van der Waals surface area contributed by atoms with Gasteiger partial charge < -0.3 is 10.6 Å². The van der Waals surface area contributed by atoms with Gasteiger partial charge in [0.05, 0.1) is 0 Å². The molecule has 0 unspecified atom stereocenters. The van der Waals surface area contributed by atoms with Crippen molar-refractivity contribution in [3.63, 3.8) is 0 Å². The van der Waals surface area contributed by atoms with Gasteiger partial charge in [0, 0.05) is 24.3 Å². The minimum atomic E-state index is 0.426. The quantitative estimate of drug-likeness (QED) is 0.884. The number of hydrogen-bond donors (Lipinski definition) is 2. The van der Waals surface area contributed by atoms with E-state index in [4.69, 9.17) is 0 Å². The highest BCUT2D eigenvalue weighted by molar-refractivity contribution is 5.49. The second-order valence-electron chi connectivity index (χ2n) is 5.67. The molecule has 4 nitrogen and oxygen atoms in total. The van der Waals surface area contributed by atoms with Crippen molar-refractivity contribution in [2.45, 2.75) is 39.2 Å². The smallest absolute Gasteiger partial charge is 0.224 e. The molecule has 0 saturated carbocycles. The Bertz CT molecular complexity index is 599. The third kappa shape index (κ3) is 3.15. The topological polar surface area (TPSA) is 49.8 Å². The summed E-state index contributed by atoms with van der Waals surface area (Å²) in [6.45, 7) is 5.08. The van der Waals surface area contributed by atoms with E-state index in [1.54, 1.807) is 0 Å². The Morgan fingerprint density at radius 2 is 1.90 bits per heavy atom. The summed E-state index contributed by atoms with van der Waals surface area (Å²) in [7, 11) is 0. The molecule has 1 aliphatic rings. The lowest BCUT2D eigenvalue weighted by atomic mass is 10.1. The number of fused-ring (bicyclic) bond motifs is 1. The summed E-state index contributed by atoms with van der Waals surface area (Å²) in [5, 5.41) is 6.82. The van der Waals surface area contributed by atoms with Crippen molar-refractivity contribution in [3.8, 4) is 0 Å². The fourth-order valence-electron chi connectivity index (χ4n) is 2.76. The van der Waals surface area contributed by atoms with Gasteiger partial charge in [-0.15, -0.1) is 0 Å². The van der Waals surface area contributed by atoms with E-state index in [-0.39, 0.29) is 0 Å². The molecule has 1 aromatic heterocycles. The number of anilines is 2. The average Bonchev–Trinajstić information content (AvgIpc) is 2.90.